The monoisotopic (exact) mass is 252 g/mol. The molecule has 0 unspecified atom stereocenters. The maximum absolute atomic E-state index is 13.0. The molecule has 1 aromatic heterocycles. The molecule has 0 saturated heterocycles. The van der Waals surface area contributed by atoms with E-state index in [0.717, 1.165) is 12.1 Å². The van der Waals surface area contributed by atoms with Crippen molar-refractivity contribution in [2.75, 3.05) is 0 Å². The van der Waals surface area contributed by atoms with Crippen molar-refractivity contribution in [3.05, 3.63) is 52.9 Å². The molecular formula is C12H10F2N2O2. The molecule has 0 atom stereocenters. The van der Waals surface area contributed by atoms with E-state index < -0.39 is 17.6 Å². The van der Waals surface area contributed by atoms with E-state index in [9.17, 15) is 13.6 Å². The molecule has 0 bridgehead atoms. The number of rotatable bonds is 3. The van der Waals surface area contributed by atoms with Crippen molar-refractivity contribution in [3.63, 3.8) is 0 Å². The zero-order valence-corrected chi connectivity index (χ0v) is 9.52. The summed E-state index contributed by atoms with van der Waals surface area (Å²) in [5.41, 5.74) is 1.07. The number of nitrogens with zero attached hydrogens (tertiary/aromatic N) is 2. The van der Waals surface area contributed by atoms with Crippen LogP contribution in [0, 0.1) is 18.6 Å². The predicted octanol–water partition coefficient (Wildman–Crippen LogP) is 2.22. The van der Waals surface area contributed by atoms with Gasteiger partial charge in [0.05, 0.1) is 18.4 Å². The molecule has 1 N–H and O–H groups in total. The second-order valence-electron chi connectivity index (χ2n) is 3.85. The molecule has 6 heteroatoms. The molecule has 0 aliphatic heterocycles. The molecule has 0 radical (unpaired) electrons. The minimum absolute atomic E-state index is 0.0950. The van der Waals surface area contributed by atoms with E-state index in [4.69, 9.17) is 5.11 Å². The first kappa shape index (κ1) is 12.2. The molecule has 0 amide bonds. The Labute approximate surface area is 101 Å². The molecule has 0 fully saturated rings. The first-order valence-electron chi connectivity index (χ1n) is 5.18. The van der Waals surface area contributed by atoms with Crippen molar-refractivity contribution in [1.29, 1.82) is 0 Å². The summed E-state index contributed by atoms with van der Waals surface area (Å²) in [4.78, 5) is 10.8. The normalized spacial score (nSPS) is 10.6. The standard InChI is InChI=1S/C12H10F2N2O2/c1-7-9(12(17)18)5-15-16(7)6-8-2-3-10(13)11(14)4-8/h2-5H,6H2,1H3,(H,17,18). The first-order chi connectivity index (χ1) is 8.49. The second kappa shape index (κ2) is 4.56. The number of carboxylic acid groups (broad SMARTS) is 1. The van der Waals surface area contributed by atoms with Gasteiger partial charge >= 0.3 is 5.97 Å². The zero-order valence-electron chi connectivity index (χ0n) is 9.52. The van der Waals surface area contributed by atoms with Gasteiger partial charge in [0.1, 0.15) is 5.56 Å². The summed E-state index contributed by atoms with van der Waals surface area (Å²) in [6.07, 6.45) is 1.23. The number of aromatic nitrogens is 2. The third kappa shape index (κ3) is 2.22. The molecule has 94 valence electrons. The van der Waals surface area contributed by atoms with Crippen molar-refractivity contribution in [3.8, 4) is 0 Å². The van der Waals surface area contributed by atoms with E-state index in [1.807, 2.05) is 0 Å². The van der Waals surface area contributed by atoms with Crippen molar-refractivity contribution >= 4 is 5.97 Å². The summed E-state index contributed by atoms with van der Waals surface area (Å²) in [5.74, 6) is -2.91. The third-order valence-corrected chi connectivity index (χ3v) is 2.65. The van der Waals surface area contributed by atoms with Gasteiger partial charge < -0.3 is 5.11 Å². The van der Waals surface area contributed by atoms with Crippen LogP contribution in [0.25, 0.3) is 0 Å². The highest BCUT2D eigenvalue weighted by Gasteiger charge is 2.13. The molecule has 0 spiro atoms. The van der Waals surface area contributed by atoms with Crippen LogP contribution in [0.4, 0.5) is 8.78 Å². The van der Waals surface area contributed by atoms with E-state index in [1.54, 1.807) is 6.92 Å². The fourth-order valence-corrected chi connectivity index (χ4v) is 1.63. The highest BCUT2D eigenvalue weighted by Crippen LogP contribution is 2.13. The lowest BCUT2D eigenvalue weighted by atomic mass is 10.2. The Morgan fingerprint density at radius 3 is 2.67 bits per heavy atom. The van der Waals surface area contributed by atoms with E-state index in [-0.39, 0.29) is 12.1 Å². The SMILES string of the molecule is Cc1c(C(=O)O)cnn1Cc1ccc(F)c(F)c1. The Morgan fingerprint density at radius 2 is 2.11 bits per heavy atom. The molecule has 1 heterocycles. The highest BCUT2D eigenvalue weighted by atomic mass is 19.2. The van der Waals surface area contributed by atoms with E-state index in [1.165, 1.54) is 16.9 Å². The lowest BCUT2D eigenvalue weighted by Crippen LogP contribution is -2.06. The Morgan fingerprint density at radius 1 is 1.39 bits per heavy atom. The Kier molecular flexibility index (Phi) is 3.10. The molecule has 4 nitrogen and oxygen atoms in total. The topological polar surface area (TPSA) is 55.1 Å². The summed E-state index contributed by atoms with van der Waals surface area (Å²) in [7, 11) is 0. The maximum Gasteiger partial charge on any atom is 0.339 e. The van der Waals surface area contributed by atoms with E-state index >= 15 is 0 Å². The lowest BCUT2D eigenvalue weighted by molar-refractivity contribution is 0.0696. The number of aromatic carboxylic acids is 1. The van der Waals surface area contributed by atoms with E-state index in [2.05, 4.69) is 5.10 Å². The minimum atomic E-state index is -1.07. The number of carbonyl (C=O) groups is 1. The Hall–Kier alpha value is -2.24. The summed E-state index contributed by atoms with van der Waals surface area (Å²) < 4.78 is 27.2. The third-order valence-electron chi connectivity index (χ3n) is 2.65. The summed E-state index contributed by atoms with van der Waals surface area (Å²) in [6.45, 7) is 1.80. The van der Waals surface area contributed by atoms with Gasteiger partial charge in [-0.15, -0.1) is 0 Å². The fourth-order valence-electron chi connectivity index (χ4n) is 1.63. The molecule has 0 aliphatic carbocycles. The smallest absolute Gasteiger partial charge is 0.339 e. The van der Waals surface area contributed by atoms with Crippen LogP contribution in [0.15, 0.2) is 24.4 Å². The Bertz CT molecular complexity index is 608. The van der Waals surface area contributed by atoms with Gasteiger partial charge in [-0.1, -0.05) is 6.07 Å². The van der Waals surface area contributed by atoms with Gasteiger partial charge in [-0.25, -0.2) is 13.6 Å². The number of benzene rings is 1. The number of hydrogen-bond acceptors (Lipinski definition) is 2. The molecule has 1 aromatic carbocycles. The van der Waals surface area contributed by atoms with Crippen LogP contribution in [0.1, 0.15) is 21.6 Å². The van der Waals surface area contributed by atoms with Gasteiger partial charge in [0.25, 0.3) is 0 Å². The molecule has 2 rings (SSSR count). The van der Waals surface area contributed by atoms with Crippen LogP contribution in [0.2, 0.25) is 0 Å². The summed E-state index contributed by atoms with van der Waals surface area (Å²) in [6, 6.07) is 3.53. The first-order valence-corrected chi connectivity index (χ1v) is 5.18. The highest BCUT2D eigenvalue weighted by molar-refractivity contribution is 5.88. The Balaban J connectivity index is 2.29. The summed E-state index contributed by atoms with van der Waals surface area (Å²) in [5, 5.41) is 12.8. The van der Waals surface area contributed by atoms with Crippen LogP contribution in [-0.2, 0) is 6.54 Å². The van der Waals surface area contributed by atoms with Gasteiger partial charge in [0.15, 0.2) is 11.6 Å². The number of carboxylic acids is 1. The average Bonchev–Trinajstić information content (AvgIpc) is 2.66. The predicted molar refractivity (Wildman–Crippen MR) is 59.4 cm³/mol. The maximum atomic E-state index is 13.0. The van der Waals surface area contributed by atoms with Crippen molar-refractivity contribution in [2.45, 2.75) is 13.5 Å². The number of halogens is 2. The molecule has 18 heavy (non-hydrogen) atoms. The molecule has 0 saturated carbocycles. The van der Waals surface area contributed by atoms with Crippen LogP contribution in [0.5, 0.6) is 0 Å². The van der Waals surface area contributed by atoms with Crippen LogP contribution in [-0.4, -0.2) is 20.9 Å². The minimum Gasteiger partial charge on any atom is -0.478 e. The zero-order chi connectivity index (χ0) is 13.3. The fraction of sp³-hybridized carbons (Fsp3) is 0.167. The quantitative estimate of drug-likeness (QED) is 0.911. The summed E-state index contributed by atoms with van der Waals surface area (Å²) >= 11 is 0. The molecular weight excluding hydrogens is 242 g/mol. The van der Waals surface area contributed by atoms with Gasteiger partial charge in [0, 0.05) is 0 Å². The van der Waals surface area contributed by atoms with Crippen LogP contribution < -0.4 is 0 Å². The average molecular weight is 252 g/mol. The van der Waals surface area contributed by atoms with Crippen molar-refractivity contribution in [2.24, 2.45) is 0 Å². The largest absolute Gasteiger partial charge is 0.478 e. The van der Waals surface area contributed by atoms with Crippen LogP contribution in [0.3, 0.4) is 0 Å². The molecule has 0 aliphatic rings. The van der Waals surface area contributed by atoms with Crippen LogP contribution >= 0.6 is 0 Å². The number of hydrogen-bond donors (Lipinski definition) is 1. The van der Waals surface area contributed by atoms with Crippen molar-refractivity contribution < 1.29 is 18.7 Å². The van der Waals surface area contributed by atoms with Crippen molar-refractivity contribution in [1.82, 2.24) is 9.78 Å². The van der Waals surface area contributed by atoms with Gasteiger partial charge in [-0.2, -0.15) is 5.10 Å². The molecule has 2 aromatic rings. The second-order valence-corrected chi connectivity index (χ2v) is 3.85. The van der Waals surface area contributed by atoms with Gasteiger partial charge in [-0.3, -0.25) is 4.68 Å². The lowest BCUT2D eigenvalue weighted by Gasteiger charge is -2.05. The van der Waals surface area contributed by atoms with E-state index in [0.29, 0.717) is 11.3 Å². The van der Waals surface area contributed by atoms with Gasteiger partial charge in [0.2, 0.25) is 0 Å². The van der Waals surface area contributed by atoms with Gasteiger partial charge in [-0.05, 0) is 24.6 Å².